The van der Waals surface area contributed by atoms with Gasteiger partial charge in [-0.25, -0.2) is 12.7 Å². The van der Waals surface area contributed by atoms with Crippen molar-refractivity contribution in [3.63, 3.8) is 0 Å². The van der Waals surface area contributed by atoms with E-state index in [1.54, 1.807) is 0 Å². The number of hydrogen-bond acceptors (Lipinski definition) is 3. The summed E-state index contributed by atoms with van der Waals surface area (Å²) in [5.41, 5.74) is -0.883. The van der Waals surface area contributed by atoms with Crippen molar-refractivity contribution in [3.8, 4) is 0 Å². The fraction of sp³-hybridized carbons (Fsp3) is 0.538. The lowest BCUT2D eigenvalue weighted by Crippen LogP contribution is -2.39. The zero-order chi connectivity index (χ0) is 15.8. The SMILES string of the molecule is CN(CC1CC(O)C1)S(=O)(=O)c1ccc(C(F)(F)F)cc1. The van der Waals surface area contributed by atoms with E-state index in [9.17, 15) is 26.7 Å². The van der Waals surface area contributed by atoms with Crippen molar-refractivity contribution >= 4 is 10.0 Å². The van der Waals surface area contributed by atoms with Crippen LogP contribution < -0.4 is 0 Å². The van der Waals surface area contributed by atoms with Gasteiger partial charge in [0, 0.05) is 13.6 Å². The van der Waals surface area contributed by atoms with Crippen LogP contribution in [0.25, 0.3) is 0 Å². The van der Waals surface area contributed by atoms with Crippen LogP contribution in [0, 0.1) is 5.92 Å². The van der Waals surface area contributed by atoms with Crippen molar-refractivity contribution in [1.82, 2.24) is 4.31 Å². The standard InChI is InChI=1S/C13H16F3NO3S/c1-17(8-9-6-11(18)7-9)21(19,20)12-4-2-10(3-5-12)13(14,15)16/h2-5,9,11,18H,6-8H2,1H3. The van der Waals surface area contributed by atoms with E-state index in [0.29, 0.717) is 12.8 Å². The van der Waals surface area contributed by atoms with Crippen LogP contribution in [0.5, 0.6) is 0 Å². The minimum atomic E-state index is -4.49. The number of hydrogen-bond donors (Lipinski definition) is 1. The second-order valence-corrected chi connectivity index (χ2v) is 7.34. The van der Waals surface area contributed by atoms with Gasteiger partial charge in [0.05, 0.1) is 16.6 Å². The summed E-state index contributed by atoms with van der Waals surface area (Å²) >= 11 is 0. The van der Waals surface area contributed by atoms with E-state index in [2.05, 4.69) is 0 Å². The summed E-state index contributed by atoms with van der Waals surface area (Å²) in [5, 5.41) is 9.18. The molecule has 1 saturated carbocycles. The van der Waals surface area contributed by atoms with Gasteiger partial charge in [-0.05, 0) is 43.0 Å². The van der Waals surface area contributed by atoms with Crippen LogP contribution in [0.2, 0.25) is 0 Å². The predicted octanol–water partition coefficient (Wildman–Crippen LogP) is 2.10. The van der Waals surface area contributed by atoms with Crippen LogP contribution in [-0.2, 0) is 16.2 Å². The van der Waals surface area contributed by atoms with Gasteiger partial charge in [-0.3, -0.25) is 0 Å². The Hall–Kier alpha value is -1.12. The summed E-state index contributed by atoms with van der Waals surface area (Å²) in [7, 11) is -2.42. The van der Waals surface area contributed by atoms with Gasteiger partial charge in [-0.15, -0.1) is 0 Å². The molecular weight excluding hydrogens is 307 g/mol. The summed E-state index contributed by atoms with van der Waals surface area (Å²) in [5.74, 6) is 0.0919. The van der Waals surface area contributed by atoms with Crippen molar-refractivity contribution in [2.24, 2.45) is 5.92 Å². The number of halogens is 3. The van der Waals surface area contributed by atoms with Crippen LogP contribution >= 0.6 is 0 Å². The highest BCUT2D eigenvalue weighted by Gasteiger charge is 2.33. The van der Waals surface area contributed by atoms with Gasteiger partial charge in [0.1, 0.15) is 0 Å². The van der Waals surface area contributed by atoms with E-state index >= 15 is 0 Å². The van der Waals surface area contributed by atoms with E-state index in [-0.39, 0.29) is 23.5 Å². The fourth-order valence-corrected chi connectivity index (χ4v) is 3.55. The van der Waals surface area contributed by atoms with E-state index in [1.165, 1.54) is 7.05 Å². The molecule has 0 radical (unpaired) electrons. The molecule has 1 aliphatic carbocycles. The zero-order valence-corrected chi connectivity index (χ0v) is 12.2. The van der Waals surface area contributed by atoms with Crippen LogP contribution in [0.4, 0.5) is 13.2 Å². The molecule has 8 heteroatoms. The lowest BCUT2D eigenvalue weighted by atomic mass is 9.82. The number of nitrogens with zero attached hydrogens (tertiary/aromatic N) is 1. The molecule has 2 rings (SSSR count). The Morgan fingerprint density at radius 3 is 2.19 bits per heavy atom. The van der Waals surface area contributed by atoms with E-state index in [4.69, 9.17) is 0 Å². The fourth-order valence-electron chi connectivity index (χ4n) is 2.31. The molecule has 0 heterocycles. The third-order valence-electron chi connectivity index (χ3n) is 3.62. The van der Waals surface area contributed by atoms with Crippen molar-refractivity contribution in [2.45, 2.75) is 30.0 Å². The largest absolute Gasteiger partial charge is 0.416 e. The maximum atomic E-state index is 12.5. The average molecular weight is 323 g/mol. The Morgan fingerprint density at radius 2 is 1.76 bits per heavy atom. The number of alkyl halides is 3. The highest BCUT2D eigenvalue weighted by atomic mass is 32.2. The molecule has 1 fully saturated rings. The summed E-state index contributed by atoms with van der Waals surface area (Å²) in [6.45, 7) is 0.250. The molecule has 0 aromatic heterocycles. The first-order valence-corrected chi connectivity index (χ1v) is 7.86. The molecule has 0 unspecified atom stereocenters. The summed E-state index contributed by atoms with van der Waals surface area (Å²) in [6, 6.07) is 3.44. The Bertz CT molecular complexity index is 592. The number of aliphatic hydroxyl groups excluding tert-OH is 1. The van der Waals surface area contributed by atoms with Crippen LogP contribution in [0.3, 0.4) is 0 Å². The molecule has 118 valence electrons. The van der Waals surface area contributed by atoms with Gasteiger partial charge in [-0.1, -0.05) is 0 Å². The minimum absolute atomic E-state index is 0.0919. The number of sulfonamides is 1. The molecule has 0 saturated heterocycles. The highest BCUT2D eigenvalue weighted by Crippen LogP contribution is 2.31. The molecule has 21 heavy (non-hydrogen) atoms. The molecule has 0 aliphatic heterocycles. The van der Waals surface area contributed by atoms with E-state index in [1.807, 2.05) is 0 Å². The molecule has 4 nitrogen and oxygen atoms in total. The first-order valence-electron chi connectivity index (χ1n) is 6.42. The maximum Gasteiger partial charge on any atom is 0.416 e. The highest BCUT2D eigenvalue weighted by molar-refractivity contribution is 7.89. The first-order chi connectivity index (χ1) is 9.60. The van der Waals surface area contributed by atoms with Crippen molar-refractivity contribution in [1.29, 1.82) is 0 Å². The Kier molecular flexibility index (Phi) is 4.32. The molecule has 1 aromatic carbocycles. The molecule has 1 N–H and O–H groups in total. The Labute approximate surface area is 121 Å². The van der Waals surface area contributed by atoms with Gasteiger partial charge in [0.2, 0.25) is 10.0 Å². The van der Waals surface area contributed by atoms with Gasteiger partial charge in [0.25, 0.3) is 0 Å². The van der Waals surface area contributed by atoms with Crippen LogP contribution in [0.15, 0.2) is 29.2 Å². The normalized spacial score (nSPS) is 23.1. The second-order valence-electron chi connectivity index (χ2n) is 5.30. The van der Waals surface area contributed by atoms with Gasteiger partial charge < -0.3 is 5.11 Å². The molecule has 0 bridgehead atoms. The van der Waals surface area contributed by atoms with Crippen molar-refractivity contribution in [3.05, 3.63) is 29.8 Å². The Balaban J connectivity index is 2.11. The van der Waals surface area contributed by atoms with Gasteiger partial charge in [-0.2, -0.15) is 13.2 Å². The third-order valence-corrected chi connectivity index (χ3v) is 5.45. The van der Waals surface area contributed by atoms with Crippen molar-refractivity contribution in [2.75, 3.05) is 13.6 Å². The summed E-state index contributed by atoms with van der Waals surface area (Å²) in [6.07, 6.45) is -3.77. The molecular formula is C13H16F3NO3S. The summed E-state index contributed by atoms with van der Waals surface area (Å²) in [4.78, 5) is -0.169. The second kappa shape index (κ2) is 5.58. The molecule has 1 aromatic rings. The van der Waals surface area contributed by atoms with E-state index < -0.39 is 21.8 Å². The van der Waals surface area contributed by atoms with Crippen molar-refractivity contribution < 1.29 is 26.7 Å². The summed E-state index contributed by atoms with van der Waals surface area (Å²) < 4.78 is 62.9. The minimum Gasteiger partial charge on any atom is -0.393 e. The zero-order valence-electron chi connectivity index (χ0n) is 11.3. The Morgan fingerprint density at radius 1 is 1.24 bits per heavy atom. The quantitative estimate of drug-likeness (QED) is 0.923. The molecule has 0 spiro atoms. The van der Waals surface area contributed by atoms with Crippen LogP contribution in [-0.4, -0.2) is 37.5 Å². The van der Waals surface area contributed by atoms with Crippen LogP contribution in [0.1, 0.15) is 18.4 Å². The average Bonchev–Trinajstić information content (AvgIpc) is 2.36. The maximum absolute atomic E-state index is 12.5. The lowest BCUT2D eigenvalue weighted by molar-refractivity contribution is -0.137. The first kappa shape index (κ1) is 16.3. The molecule has 0 amide bonds. The third kappa shape index (κ3) is 3.56. The number of rotatable bonds is 4. The lowest BCUT2D eigenvalue weighted by Gasteiger charge is -2.34. The number of benzene rings is 1. The molecule has 1 aliphatic rings. The smallest absolute Gasteiger partial charge is 0.393 e. The monoisotopic (exact) mass is 323 g/mol. The predicted molar refractivity (Wildman–Crippen MR) is 70.0 cm³/mol. The molecule has 0 atom stereocenters. The topological polar surface area (TPSA) is 57.6 Å². The van der Waals surface area contributed by atoms with E-state index in [0.717, 1.165) is 28.6 Å². The van der Waals surface area contributed by atoms with Gasteiger partial charge in [0.15, 0.2) is 0 Å². The number of aliphatic hydroxyl groups is 1. The van der Waals surface area contributed by atoms with Gasteiger partial charge >= 0.3 is 6.18 Å².